The maximum Gasteiger partial charge on any atom is 0.569 e. The van der Waals surface area contributed by atoms with Gasteiger partial charge in [0.05, 0.1) is 5.41 Å². The van der Waals surface area contributed by atoms with Gasteiger partial charge >= 0.3 is 7.69 Å². The predicted octanol–water partition coefficient (Wildman–Crippen LogP) is 6.60. The molecule has 2 nitrogen and oxygen atoms in total. The summed E-state index contributed by atoms with van der Waals surface area (Å²) in [6, 6.07) is 40.8. The lowest BCUT2D eigenvalue weighted by Gasteiger charge is -2.30. The monoisotopic (exact) mass is 435 g/mol. The molecule has 0 atom stereocenters. The van der Waals surface area contributed by atoms with Crippen LogP contribution in [0.25, 0.3) is 33.4 Å². The summed E-state index contributed by atoms with van der Waals surface area (Å²) in [5, 5.41) is 9.38. The third-order valence-corrected chi connectivity index (χ3v) is 7.38. The molecule has 5 aromatic rings. The molecule has 7 rings (SSSR count). The number of fused-ring (bicyclic) bond motifs is 10. The third-order valence-electron chi connectivity index (χ3n) is 7.38. The number of rotatable bonds is 3. The van der Waals surface area contributed by atoms with Crippen LogP contribution in [0.5, 0.6) is 5.75 Å². The molecule has 5 aromatic carbocycles. The van der Waals surface area contributed by atoms with Gasteiger partial charge in [0.25, 0.3) is 0 Å². The molecule has 1 radical (unpaired) electrons. The first-order chi connectivity index (χ1) is 16.9. The molecule has 1 N–H and O–H groups in total. The molecule has 0 saturated heterocycles. The van der Waals surface area contributed by atoms with Gasteiger partial charge in [0, 0.05) is 5.56 Å². The third kappa shape index (κ3) is 2.34. The minimum Gasteiger partial charge on any atom is -0.537 e. The molecular formula is C31H20BO2. The molecular weight excluding hydrogens is 415 g/mol. The predicted molar refractivity (Wildman–Crippen MR) is 137 cm³/mol. The zero-order valence-corrected chi connectivity index (χ0v) is 18.4. The van der Waals surface area contributed by atoms with Crippen molar-refractivity contribution in [1.29, 1.82) is 0 Å². The summed E-state index contributed by atoms with van der Waals surface area (Å²) in [6.07, 6.45) is 0. The Hall–Kier alpha value is -4.08. The van der Waals surface area contributed by atoms with E-state index in [1.54, 1.807) is 0 Å². The van der Waals surface area contributed by atoms with Gasteiger partial charge in [-0.3, -0.25) is 0 Å². The average molecular weight is 435 g/mol. The molecule has 2 aliphatic rings. The second kappa shape index (κ2) is 7.21. The van der Waals surface area contributed by atoms with Gasteiger partial charge in [-0.1, -0.05) is 109 Å². The lowest BCUT2D eigenvalue weighted by Crippen LogP contribution is -2.25. The first-order valence-corrected chi connectivity index (χ1v) is 11.5. The molecule has 0 aromatic heterocycles. The maximum atomic E-state index is 9.38. The first kappa shape index (κ1) is 19.4. The topological polar surface area (TPSA) is 29.5 Å². The largest absolute Gasteiger partial charge is 0.569 e. The molecule has 0 aliphatic heterocycles. The molecule has 3 heteroatoms. The second-order valence-corrected chi connectivity index (χ2v) is 8.83. The van der Waals surface area contributed by atoms with Gasteiger partial charge in [0.15, 0.2) is 0 Å². The van der Waals surface area contributed by atoms with Crippen LogP contribution in [0.1, 0.15) is 22.3 Å². The van der Waals surface area contributed by atoms with Gasteiger partial charge in [-0.15, -0.1) is 0 Å². The number of hydrogen-bond donors (Lipinski definition) is 1. The highest BCUT2D eigenvalue weighted by Crippen LogP contribution is 2.64. The highest BCUT2D eigenvalue weighted by molar-refractivity contribution is 6.17. The fraction of sp³-hybridized carbons (Fsp3) is 0.0323. The van der Waals surface area contributed by atoms with Gasteiger partial charge in [-0.05, 0) is 56.1 Å². The molecule has 0 unspecified atom stereocenters. The number of benzene rings is 5. The van der Waals surface area contributed by atoms with Crippen LogP contribution >= 0.6 is 0 Å². The summed E-state index contributed by atoms with van der Waals surface area (Å²) in [7, 11) is 0.751. The minimum atomic E-state index is -0.367. The zero-order valence-electron chi connectivity index (χ0n) is 18.4. The van der Waals surface area contributed by atoms with Crippen molar-refractivity contribution < 1.29 is 9.68 Å². The Balaban J connectivity index is 1.64. The van der Waals surface area contributed by atoms with E-state index in [0.717, 1.165) is 18.8 Å². The smallest absolute Gasteiger partial charge is 0.537 e. The molecule has 0 fully saturated rings. The Kier molecular flexibility index (Phi) is 4.11. The summed E-state index contributed by atoms with van der Waals surface area (Å²) in [5.41, 5.74) is 12.0. The van der Waals surface area contributed by atoms with Crippen molar-refractivity contribution in [1.82, 2.24) is 0 Å². The standard InChI is InChI=1S/C31H20BO2/c33-32-34-29-19-8-4-12-22(29)23-14-9-18-28-30(23)24-13-3-7-17-27(24)31(28)25-15-5-1-10-20(25)21-11-2-6-16-26(21)31/h1-19,33H. The van der Waals surface area contributed by atoms with Crippen molar-refractivity contribution in [2.45, 2.75) is 5.41 Å². The Morgan fingerprint density at radius 2 is 0.941 bits per heavy atom. The number of hydrogen-bond acceptors (Lipinski definition) is 2. The van der Waals surface area contributed by atoms with Crippen molar-refractivity contribution >= 4 is 7.69 Å². The first-order valence-electron chi connectivity index (χ1n) is 11.5. The van der Waals surface area contributed by atoms with Gasteiger partial charge < -0.3 is 9.68 Å². The summed E-state index contributed by atoms with van der Waals surface area (Å²) < 4.78 is 5.50. The van der Waals surface area contributed by atoms with E-state index in [1.165, 1.54) is 44.5 Å². The lowest BCUT2D eigenvalue weighted by molar-refractivity contribution is 0.455. The van der Waals surface area contributed by atoms with E-state index in [-0.39, 0.29) is 5.41 Å². The van der Waals surface area contributed by atoms with Crippen LogP contribution in [-0.4, -0.2) is 12.7 Å². The molecule has 34 heavy (non-hydrogen) atoms. The Bertz CT molecular complexity index is 1540. The maximum absolute atomic E-state index is 9.38. The van der Waals surface area contributed by atoms with Crippen LogP contribution < -0.4 is 4.65 Å². The highest BCUT2D eigenvalue weighted by atomic mass is 16.5. The molecule has 0 saturated carbocycles. The van der Waals surface area contributed by atoms with Crippen molar-refractivity contribution in [3.63, 3.8) is 0 Å². The lowest BCUT2D eigenvalue weighted by atomic mass is 9.70. The molecule has 0 heterocycles. The highest BCUT2D eigenvalue weighted by Gasteiger charge is 2.51. The molecule has 0 amide bonds. The fourth-order valence-corrected chi connectivity index (χ4v) is 6.22. The van der Waals surface area contributed by atoms with E-state index in [9.17, 15) is 5.02 Å². The molecule has 2 aliphatic carbocycles. The van der Waals surface area contributed by atoms with Gasteiger partial charge in [0.1, 0.15) is 5.75 Å². The summed E-state index contributed by atoms with van der Waals surface area (Å²) in [6.45, 7) is 0. The number of para-hydroxylation sites is 1. The summed E-state index contributed by atoms with van der Waals surface area (Å²) >= 11 is 0. The Labute approximate surface area is 199 Å². The van der Waals surface area contributed by atoms with E-state index in [4.69, 9.17) is 4.65 Å². The van der Waals surface area contributed by atoms with Crippen LogP contribution in [0, 0.1) is 0 Å². The van der Waals surface area contributed by atoms with Crippen LogP contribution in [0.4, 0.5) is 0 Å². The Morgan fingerprint density at radius 3 is 1.59 bits per heavy atom. The van der Waals surface area contributed by atoms with Crippen LogP contribution in [0.15, 0.2) is 115 Å². The fourth-order valence-electron chi connectivity index (χ4n) is 6.22. The van der Waals surface area contributed by atoms with Crippen LogP contribution in [-0.2, 0) is 5.41 Å². The van der Waals surface area contributed by atoms with Crippen LogP contribution in [0.2, 0.25) is 0 Å². The summed E-state index contributed by atoms with van der Waals surface area (Å²) in [4.78, 5) is 0. The van der Waals surface area contributed by atoms with Gasteiger partial charge in [0.2, 0.25) is 0 Å². The van der Waals surface area contributed by atoms with E-state index >= 15 is 0 Å². The molecule has 0 bridgehead atoms. The van der Waals surface area contributed by atoms with Gasteiger partial charge in [-0.2, -0.15) is 0 Å². The Morgan fingerprint density at radius 1 is 0.471 bits per heavy atom. The van der Waals surface area contributed by atoms with Crippen LogP contribution in [0.3, 0.4) is 0 Å². The van der Waals surface area contributed by atoms with Crippen molar-refractivity contribution in [2.24, 2.45) is 0 Å². The van der Waals surface area contributed by atoms with E-state index < -0.39 is 0 Å². The van der Waals surface area contributed by atoms with Crippen molar-refractivity contribution in [3.05, 3.63) is 138 Å². The van der Waals surface area contributed by atoms with E-state index in [1.807, 2.05) is 18.2 Å². The quantitative estimate of drug-likeness (QED) is 0.317. The summed E-state index contributed by atoms with van der Waals surface area (Å²) in [5.74, 6) is 0.629. The molecule has 1 spiro atoms. The second-order valence-electron chi connectivity index (χ2n) is 8.83. The van der Waals surface area contributed by atoms with Crippen molar-refractivity contribution in [3.8, 4) is 39.1 Å². The van der Waals surface area contributed by atoms with Gasteiger partial charge in [-0.25, -0.2) is 0 Å². The minimum absolute atomic E-state index is 0.367. The average Bonchev–Trinajstić information content (AvgIpc) is 3.37. The SMILES string of the molecule is O[B]Oc1ccccc1-c1cccc2c1-c1ccccc1C21c2ccccc2-c2ccccc21. The van der Waals surface area contributed by atoms with E-state index in [0.29, 0.717) is 5.75 Å². The van der Waals surface area contributed by atoms with E-state index in [2.05, 4.69) is 97.1 Å². The molecule has 159 valence electrons. The van der Waals surface area contributed by atoms with Crippen molar-refractivity contribution in [2.75, 3.05) is 0 Å². The normalized spacial score (nSPS) is 13.7. The zero-order chi connectivity index (χ0) is 22.7.